The standard InChI is InChI=1S/C23H29F4N5O4/c1-28-20(34)31-11-16(8-22(13-31)9-19(33)30(2)12-22)32(15-4-5-15)21(35)29-10-14-3-6-17(7-18(14)24)36-23(25,26)27/h3,6-7,15-16H,4-5,8-13H2,1-2H3,(H,28,34)(H,29,35). The molecule has 1 aromatic rings. The second-order valence-corrected chi connectivity index (χ2v) is 9.82. The van der Waals surface area contributed by atoms with Gasteiger partial charge in [0.05, 0.1) is 6.04 Å². The summed E-state index contributed by atoms with van der Waals surface area (Å²) in [5, 5.41) is 5.28. The molecule has 9 nitrogen and oxygen atoms in total. The zero-order valence-electron chi connectivity index (χ0n) is 20.0. The number of rotatable bonds is 5. The van der Waals surface area contributed by atoms with Gasteiger partial charge in [0.1, 0.15) is 11.6 Å². The molecule has 2 unspecified atom stereocenters. The lowest BCUT2D eigenvalue weighted by Gasteiger charge is -2.47. The first-order chi connectivity index (χ1) is 16.9. The summed E-state index contributed by atoms with van der Waals surface area (Å²) in [7, 11) is 3.24. The molecule has 2 N–H and O–H groups in total. The van der Waals surface area contributed by atoms with Crippen LogP contribution in [0.4, 0.5) is 27.2 Å². The largest absolute Gasteiger partial charge is 0.573 e. The monoisotopic (exact) mass is 515 g/mol. The van der Waals surface area contributed by atoms with Crippen LogP contribution in [0.15, 0.2) is 18.2 Å². The van der Waals surface area contributed by atoms with E-state index in [1.165, 1.54) is 7.05 Å². The van der Waals surface area contributed by atoms with Crippen molar-refractivity contribution in [2.45, 2.75) is 50.7 Å². The summed E-state index contributed by atoms with van der Waals surface area (Å²) in [5.41, 5.74) is -0.474. The van der Waals surface area contributed by atoms with Gasteiger partial charge in [-0.15, -0.1) is 13.2 Å². The minimum Gasteiger partial charge on any atom is -0.406 e. The first-order valence-electron chi connectivity index (χ1n) is 11.7. The molecular formula is C23H29F4N5O4. The van der Waals surface area contributed by atoms with E-state index in [0.29, 0.717) is 32.1 Å². The zero-order valence-corrected chi connectivity index (χ0v) is 20.0. The fourth-order valence-electron chi connectivity index (χ4n) is 5.31. The summed E-state index contributed by atoms with van der Waals surface area (Å²) >= 11 is 0. The molecular weight excluding hydrogens is 486 g/mol. The van der Waals surface area contributed by atoms with Crippen LogP contribution in [0.3, 0.4) is 0 Å². The van der Waals surface area contributed by atoms with Crippen molar-refractivity contribution in [1.82, 2.24) is 25.3 Å². The van der Waals surface area contributed by atoms with Gasteiger partial charge in [-0.2, -0.15) is 0 Å². The molecule has 4 rings (SSSR count). The van der Waals surface area contributed by atoms with E-state index in [-0.39, 0.29) is 42.6 Å². The lowest BCUT2D eigenvalue weighted by Crippen LogP contribution is -2.61. The molecule has 1 aromatic carbocycles. The van der Waals surface area contributed by atoms with Crippen molar-refractivity contribution in [3.63, 3.8) is 0 Å². The number of carbonyl (C=O) groups is 3. The van der Waals surface area contributed by atoms with Crippen LogP contribution in [0.25, 0.3) is 0 Å². The third-order valence-electron chi connectivity index (χ3n) is 6.91. The van der Waals surface area contributed by atoms with Crippen molar-refractivity contribution in [3.8, 4) is 5.75 Å². The van der Waals surface area contributed by atoms with E-state index < -0.39 is 29.4 Å². The molecule has 2 aliphatic heterocycles. The molecule has 0 aromatic heterocycles. The number of hydrogen-bond donors (Lipinski definition) is 2. The van der Waals surface area contributed by atoms with E-state index in [4.69, 9.17) is 0 Å². The predicted octanol–water partition coefficient (Wildman–Crippen LogP) is 2.66. The average Bonchev–Trinajstić information content (AvgIpc) is 3.57. The van der Waals surface area contributed by atoms with E-state index in [2.05, 4.69) is 15.4 Å². The maximum absolute atomic E-state index is 14.4. The highest BCUT2D eigenvalue weighted by atomic mass is 19.4. The number of likely N-dealkylation sites (tertiary alicyclic amines) is 2. The van der Waals surface area contributed by atoms with Crippen molar-refractivity contribution in [3.05, 3.63) is 29.6 Å². The second kappa shape index (κ2) is 9.66. The SMILES string of the molecule is CNC(=O)N1CC(N(C(=O)NCc2ccc(OC(F)(F)F)cc2F)C2CC2)CC2(CC(=O)N(C)C2)C1. The van der Waals surface area contributed by atoms with Gasteiger partial charge >= 0.3 is 18.4 Å². The number of halogens is 4. The van der Waals surface area contributed by atoms with Crippen LogP contribution in [0.1, 0.15) is 31.2 Å². The Morgan fingerprint density at radius 1 is 1.22 bits per heavy atom. The van der Waals surface area contributed by atoms with Gasteiger partial charge in [-0.3, -0.25) is 4.79 Å². The maximum atomic E-state index is 14.4. The molecule has 2 saturated heterocycles. The molecule has 3 fully saturated rings. The Hall–Kier alpha value is -3.25. The summed E-state index contributed by atoms with van der Waals surface area (Å²) in [6.07, 6.45) is -2.55. The zero-order chi connectivity index (χ0) is 26.3. The Morgan fingerprint density at radius 3 is 2.50 bits per heavy atom. The summed E-state index contributed by atoms with van der Waals surface area (Å²) in [4.78, 5) is 43.1. The fraction of sp³-hybridized carbons (Fsp3) is 0.609. The number of amides is 5. The van der Waals surface area contributed by atoms with Crippen LogP contribution in [0, 0.1) is 11.2 Å². The number of alkyl halides is 3. The number of carbonyl (C=O) groups excluding carboxylic acids is 3. The molecule has 1 aliphatic carbocycles. The highest BCUT2D eigenvalue weighted by Crippen LogP contribution is 2.42. The second-order valence-electron chi connectivity index (χ2n) is 9.82. The maximum Gasteiger partial charge on any atom is 0.573 e. The van der Waals surface area contributed by atoms with Gasteiger partial charge in [-0.05, 0) is 25.3 Å². The third kappa shape index (κ3) is 5.76. The lowest BCUT2D eigenvalue weighted by atomic mass is 9.76. The van der Waals surface area contributed by atoms with E-state index in [9.17, 15) is 31.9 Å². The molecule has 13 heteroatoms. The number of urea groups is 2. The number of piperidine rings is 1. The molecule has 1 saturated carbocycles. The van der Waals surface area contributed by atoms with Crippen LogP contribution in [0.5, 0.6) is 5.75 Å². The van der Waals surface area contributed by atoms with Gasteiger partial charge in [0.25, 0.3) is 0 Å². The summed E-state index contributed by atoms with van der Waals surface area (Å²) in [5.74, 6) is -1.64. The number of hydrogen-bond acceptors (Lipinski definition) is 4. The first-order valence-corrected chi connectivity index (χ1v) is 11.7. The van der Waals surface area contributed by atoms with Crippen LogP contribution >= 0.6 is 0 Å². The van der Waals surface area contributed by atoms with Crippen LogP contribution in [0.2, 0.25) is 0 Å². The van der Waals surface area contributed by atoms with Crippen LogP contribution < -0.4 is 15.4 Å². The Labute approximate surface area is 205 Å². The van der Waals surface area contributed by atoms with Gasteiger partial charge < -0.3 is 30.1 Å². The molecule has 2 heterocycles. The highest BCUT2D eigenvalue weighted by molar-refractivity contribution is 5.80. The first kappa shape index (κ1) is 25.8. The third-order valence-corrected chi connectivity index (χ3v) is 6.91. The van der Waals surface area contributed by atoms with E-state index >= 15 is 0 Å². The molecule has 2 atom stereocenters. The Kier molecular flexibility index (Phi) is 6.93. The summed E-state index contributed by atoms with van der Waals surface area (Å²) in [6, 6.07) is 1.59. The molecule has 5 amide bonds. The molecule has 36 heavy (non-hydrogen) atoms. The topological polar surface area (TPSA) is 94.2 Å². The van der Waals surface area contributed by atoms with Gasteiger partial charge in [-0.25, -0.2) is 14.0 Å². The molecule has 1 spiro atoms. The Balaban J connectivity index is 1.48. The van der Waals surface area contributed by atoms with Crippen LogP contribution in [-0.4, -0.2) is 84.8 Å². The van der Waals surface area contributed by atoms with Crippen molar-refractivity contribution in [1.29, 1.82) is 0 Å². The quantitative estimate of drug-likeness (QED) is 0.590. The van der Waals surface area contributed by atoms with Gasteiger partial charge in [0, 0.05) is 69.8 Å². The van der Waals surface area contributed by atoms with Crippen molar-refractivity contribution in [2.75, 3.05) is 33.7 Å². The molecule has 0 bridgehead atoms. The number of nitrogens with zero attached hydrogens (tertiary/aromatic N) is 3. The van der Waals surface area contributed by atoms with E-state index in [1.54, 1.807) is 21.7 Å². The lowest BCUT2D eigenvalue weighted by molar-refractivity contribution is -0.274. The van der Waals surface area contributed by atoms with Gasteiger partial charge in [-0.1, -0.05) is 6.07 Å². The number of nitrogens with one attached hydrogen (secondary N) is 2. The predicted molar refractivity (Wildman–Crippen MR) is 119 cm³/mol. The van der Waals surface area contributed by atoms with Crippen molar-refractivity contribution in [2.24, 2.45) is 5.41 Å². The fourth-order valence-corrected chi connectivity index (χ4v) is 5.31. The average molecular weight is 516 g/mol. The minimum absolute atomic E-state index is 0.00346. The Bertz CT molecular complexity index is 1030. The van der Waals surface area contributed by atoms with E-state index in [1.807, 2.05) is 0 Å². The Morgan fingerprint density at radius 2 is 1.94 bits per heavy atom. The van der Waals surface area contributed by atoms with Crippen LogP contribution in [-0.2, 0) is 11.3 Å². The summed E-state index contributed by atoms with van der Waals surface area (Å²) < 4.78 is 55.2. The van der Waals surface area contributed by atoms with Crippen molar-refractivity contribution >= 4 is 18.0 Å². The summed E-state index contributed by atoms with van der Waals surface area (Å²) in [6.45, 7) is 0.934. The van der Waals surface area contributed by atoms with Gasteiger partial charge in [0.2, 0.25) is 5.91 Å². The molecule has 0 radical (unpaired) electrons. The number of ether oxygens (including phenoxy) is 1. The van der Waals surface area contributed by atoms with E-state index in [0.717, 1.165) is 25.0 Å². The minimum atomic E-state index is -4.94. The highest BCUT2D eigenvalue weighted by Gasteiger charge is 2.51. The smallest absolute Gasteiger partial charge is 0.406 e. The van der Waals surface area contributed by atoms with Crippen molar-refractivity contribution < 1.29 is 36.7 Å². The number of benzene rings is 1. The molecule has 3 aliphatic rings. The molecule has 198 valence electrons. The normalized spacial score (nSPS) is 24.2. The van der Waals surface area contributed by atoms with Gasteiger partial charge in [0.15, 0.2) is 0 Å².